The summed E-state index contributed by atoms with van der Waals surface area (Å²) in [5, 5.41) is 51.7. The van der Waals surface area contributed by atoms with Gasteiger partial charge in [-0.3, -0.25) is 14.4 Å². The van der Waals surface area contributed by atoms with Gasteiger partial charge in [-0.1, -0.05) is 66.2 Å². The Morgan fingerprint density at radius 2 is 1.64 bits per heavy atom. The van der Waals surface area contributed by atoms with Gasteiger partial charge in [-0.15, -0.1) is 0 Å². The van der Waals surface area contributed by atoms with Crippen LogP contribution in [0.4, 0.5) is 0 Å². The third kappa shape index (κ3) is 8.34. The Kier molecular flexibility index (Phi) is 11.1. The van der Waals surface area contributed by atoms with Gasteiger partial charge in [-0.05, 0) is 65.9 Å². The molecule has 274 valence electrons. The van der Waals surface area contributed by atoms with Crippen LogP contribution in [0, 0.1) is 0 Å². The zero-order valence-corrected chi connectivity index (χ0v) is 29.0. The third-order valence-corrected chi connectivity index (χ3v) is 9.55. The Balaban J connectivity index is 0.938. The minimum atomic E-state index is -2.30. The number of pyridine rings is 1. The number of phenolic OH excluding ortho intramolecular Hbond substituents is 1. The number of carbonyl (C=O) groups is 3. The molecule has 2 amide bonds. The van der Waals surface area contributed by atoms with E-state index in [0.717, 1.165) is 0 Å². The number of H-pyrrole nitrogens is 1. The van der Waals surface area contributed by atoms with Gasteiger partial charge in [0.25, 0.3) is 11.8 Å². The maximum absolute atomic E-state index is 12.9. The van der Waals surface area contributed by atoms with Gasteiger partial charge in [0.2, 0.25) is 11.2 Å². The molecule has 0 aliphatic heterocycles. The SMILES string of the molecule is O=C(COc1cccc([C@](O)(C(=O)O)c2ccccc2)c1)NC1CC(NC(=O)c2ccc(CNC[C@H](O)c3ccc(O)c4[nH]c(=O)ccc34)c(Cl)c2)C1. The molecule has 1 aliphatic carbocycles. The number of aromatic amines is 1. The minimum absolute atomic E-state index is 0.0797. The molecular weight excluding hydrogens is 704 g/mol. The van der Waals surface area contributed by atoms with E-state index in [4.69, 9.17) is 16.3 Å². The molecule has 1 fully saturated rings. The lowest BCUT2D eigenvalue weighted by molar-refractivity contribution is -0.155. The molecule has 0 unspecified atom stereocenters. The van der Waals surface area contributed by atoms with Crippen LogP contribution in [0.25, 0.3) is 10.9 Å². The Morgan fingerprint density at radius 1 is 0.906 bits per heavy atom. The highest BCUT2D eigenvalue weighted by Gasteiger charge is 2.40. The van der Waals surface area contributed by atoms with E-state index in [1.807, 2.05) is 0 Å². The van der Waals surface area contributed by atoms with E-state index in [1.165, 1.54) is 42.5 Å². The van der Waals surface area contributed by atoms with Crippen LogP contribution in [-0.4, -0.2) is 68.4 Å². The number of aliphatic carboxylic acids is 1. The molecule has 0 saturated heterocycles. The molecule has 1 aliphatic rings. The molecule has 1 heterocycles. The number of benzene rings is 4. The zero-order chi connectivity index (χ0) is 37.7. The summed E-state index contributed by atoms with van der Waals surface area (Å²) in [5.74, 6) is -2.03. The van der Waals surface area contributed by atoms with Gasteiger partial charge in [-0.25, -0.2) is 4.79 Å². The van der Waals surface area contributed by atoms with Crippen LogP contribution in [-0.2, 0) is 21.7 Å². The summed E-state index contributed by atoms with van der Waals surface area (Å²) in [6.07, 6.45) is 0.0855. The Bertz CT molecular complexity index is 2210. The molecule has 6 rings (SSSR count). The summed E-state index contributed by atoms with van der Waals surface area (Å²) >= 11 is 6.49. The van der Waals surface area contributed by atoms with Crippen LogP contribution in [0.1, 0.15) is 51.6 Å². The van der Waals surface area contributed by atoms with Crippen molar-refractivity contribution in [2.75, 3.05) is 13.2 Å². The van der Waals surface area contributed by atoms with Gasteiger partial charge < -0.3 is 46.1 Å². The average Bonchev–Trinajstić information content (AvgIpc) is 3.14. The Hall–Kier alpha value is -5.73. The summed E-state index contributed by atoms with van der Waals surface area (Å²) in [7, 11) is 0. The number of nitrogens with one attached hydrogen (secondary N) is 4. The first kappa shape index (κ1) is 37.0. The summed E-state index contributed by atoms with van der Waals surface area (Å²) in [4.78, 5) is 51.9. The second-order valence-electron chi connectivity index (χ2n) is 12.8. The number of aromatic hydroxyl groups is 1. The van der Waals surface area contributed by atoms with E-state index in [1.54, 1.807) is 54.6 Å². The van der Waals surface area contributed by atoms with Crippen LogP contribution in [0.2, 0.25) is 5.02 Å². The number of phenols is 1. The summed E-state index contributed by atoms with van der Waals surface area (Å²) in [5.41, 5.74) is -0.550. The summed E-state index contributed by atoms with van der Waals surface area (Å²) in [6, 6.07) is 24.4. The maximum Gasteiger partial charge on any atom is 0.345 e. The number of halogens is 1. The first-order valence-electron chi connectivity index (χ1n) is 16.8. The van der Waals surface area contributed by atoms with E-state index in [2.05, 4.69) is 20.9 Å². The highest BCUT2D eigenvalue weighted by atomic mass is 35.5. The number of aliphatic hydroxyl groups excluding tert-OH is 1. The monoisotopic (exact) mass is 740 g/mol. The van der Waals surface area contributed by atoms with Gasteiger partial charge in [0.1, 0.15) is 11.5 Å². The molecule has 0 spiro atoms. The first-order chi connectivity index (χ1) is 25.4. The van der Waals surface area contributed by atoms with E-state index in [0.29, 0.717) is 46.5 Å². The van der Waals surface area contributed by atoms with Crippen LogP contribution in [0.3, 0.4) is 0 Å². The highest BCUT2D eigenvalue weighted by molar-refractivity contribution is 6.31. The number of carbonyl (C=O) groups excluding carboxylic acids is 2. The topological polar surface area (TPSA) is 210 Å². The smallest absolute Gasteiger partial charge is 0.345 e. The zero-order valence-electron chi connectivity index (χ0n) is 28.2. The fraction of sp³-hybridized carbons (Fsp3) is 0.231. The van der Waals surface area contributed by atoms with Gasteiger partial charge >= 0.3 is 5.97 Å². The molecule has 2 atom stereocenters. The largest absolute Gasteiger partial charge is 0.506 e. The lowest BCUT2D eigenvalue weighted by Crippen LogP contribution is -2.54. The van der Waals surface area contributed by atoms with Gasteiger partial charge in [0.15, 0.2) is 6.61 Å². The standard InChI is InChI=1S/C39H37ClN4O9/c40-31-15-22(9-10-23(31)19-41-20-33(46)29-11-13-32(45)36-30(29)12-14-34(47)44-36)37(49)43-27-17-26(18-27)42-35(48)21-53-28-8-4-7-25(16-28)39(52,38(50)51)24-5-2-1-3-6-24/h1-16,26-27,33,41,45-46,52H,17-21H2,(H,42,48)(H,43,49)(H,44,47)(H,50,51)/t26?,27?,33-,39-/m0/s1. The normalized spacial score (nSPS) is 16.9. The van der Waals surface area contributed by atoms with E-state index >= 15 is 0 Å². The Morgan fingerprint density at radius 3 is 2.38 bits per heavy atom. The lowest BCUT2D eigenvalue weighted by Gasteiger charge is -2.36. The second kappa shape index (κ2) is 15.9. The van der Waals surface area contributed by atoms with Gasteiger partial charge in [0, 0.05) is 52.8 Å². The predicted molar refractivity (Wildman–Crippen MR) is 196 cm³/mol. The molecule has 8 N–H and O–H groups in total. The highest BCUT2D eigenvalue weighted by Crippen LogP contribution is 2.32. The quantitative estimate of drug-likeness (QED) is 0.0831. The molecule has 13 nitrogen and oxygen atoms in total. The number of hydrogen-bond acceptors (Lipinski definition) is 9. The molecule has 5 aromatic rings. The number of aromatic nitrogens is 1. The molecule has 14 heteroatoms. The summed E-state index contributed by atoms with van der Waals surface area (Å²) in [6.45, 7) is 0.131. The molecule has 0 bridgehead atoms. The number of ether oxygens (including phenoxy) is 1. The fourth-order valence-electron chi connectivity index (χ4n) is 6.28. The van der Waals surface area contributed by atoms with Crippen molar-refractivity contribution in [3.05, 3.63) is 140 Å². The number of aliphatic hydroxyl groups is 2. The van der Waals surface area contributed by atoms with Crippen LogP contribution in [0.15, 0.2) is 102 Å². The second-order valence-corrected chi connectivity index (χ2v) is 13.2. The molecule has 53 heavy (non-hydrogen) atoms. The van der Waals surface area contributed by atoms with Crippen molar-refractivity contribution in [1.82, 2.24) is 20.9 Å². The van der Waals surface area contributed by atoms with E-state index < -0.39 is 23.6 Å². The lowest BCUT2D eigenvalue weighted by atomic mass is 9.86. The number of fused-ring (bicyclic) bond motifs is 1. The van der Waals surface area contributed by atoms with Crippen molar-refractivity contribution in [2.45, 2.75) is 43.2 Å². The maximum atomic E-state index is 12.9. The Labute approximate surface area is 308 Å². The van der Waals surface area contributed by atoms with Crippen LogP contribution < -0.4 is 26.2 Å². The molecule has 1 saturated carbocycles. The number of hydrogen-bond donors (Lipinski definition) is 8. The van der Waals surface area contributed by atoms with Crippen molar-refractivity contribution in [2.24, 2.45) is 0 Å². The molecular formula is C39H37ClN4O9. The van der Waals surface area contributed by atoms with Crippen molar-refractivity contribution in [1.29, 1.82) is 0 Å². The first-order valence-corrected chi connectivity index (χ1v) is 17.2. The average molecular weight is 741 g/mol. The fourth-order valence-corrected chi connectivity index (χ4v) is 6.53. The minimum Gasteiger partial charge on any atom is -0.506 e. The van der Waals surface area contributed by atoms with Crippen molar-refractivity contribution in [3.8, 4) is 11.5 Å². The van der Waals surface area contributed by atoms with Gasteiger partial charge in [0.05, 0.1) is 11.6 Å². The predicted octanol–water partition coefficient (Wildman–Crippen LogP) is 3.49. The van der Waals surface area contributed by atoms with Crippen LogP contribution in [0.5, 0.6) is 11.5 Å². The van der Waals surface area contributed by atoms with Crippen molar-refractivity contribution in [3.63, 3.8) is 0 Å². The van der Waals surface area contributed by atoms with Gasteiger partial charge in [-0.2, -0.15) is 0 Å². The molecule has 0 radical (unpaired) electrons. The number of carboxylic acids is 1. The summed E-state index contributed by atoms with van der Waals surface area (Å²) < 4.78 is 5.60. The molecule has 1 aromatic heterocycles. The third-order valence-electron chi connectivity index (χ3n) is 9.20. The van der Waals surface area contributed by atoms with E-state index in [9.17, 15) is 39.6 Å². The number of amides is 2. The van der Waals surface area contributed by atoms with Crippen molar-refractivity contribution >= 4 is 40.3 Å². The van der Waals surface area contributed by atoms with Crippen molar-refractivity contribution < 1.29 is 39.5 Å². The molecule has 4 aromatic carbocycles. The number of carboxylic acid groups (broad SMARTS) is 1. The van der Waals surface area contributed by atoms with E-state index in [-0.39, 0.29) is 64.8 Å². The van der Waals surface area contributed by atoms with Crippen LogP contribution >= 0.6 is 11.6 Å². The number of rotatable bonds is 14.